The van der Waals surface area contributed by atoms with Gasteiger partial charge in [-0.15, -0.1) is 0 Å². The van der Waals surface area contributed by atoms with Crippen LogP contribution in [0.4, 0.5) is 0 Å². The normalized spacial score (nSPS) is 11.9. The maximum atomic E-state index is 12.9. The lowest BCUT2D eigenvalue weighted by atomic mass is 10.0. The number of carbonyl (C=O) groups excluding carboxylic acids is 3. The van der Waals surface area contributed by atoms with Crippen LogP contribution in [0.15, 0.2) is 0 Å². The summed E-state index contributed by atoms with van der Waals surface area (Å²) in [5.41, 5.74) is 0. The third-order valence-electron chi connectivity index (χ3n) is 16.6. The van der Waals surface area contributed by atoms with Crippen molar-refractivity contribution in [2.45, 2.75) is 425 Å². The van der Waals surface area contributed by atoms with Gasteiger partial charge < -0.3 is 14.2 Å². The SMILES string of the molecule is CCCCCCCCCCCCCCCCCCCCCCCCCCCCC(=O)OCC(COC(=O)CCCCCCCCCCCC)OC(=O)CCCCCCCCCCCCCCCCCCCCCCCCC. The minimum Gasteiger partial charge on any atom is -0.462 e. The van der Waals surface area contributed by atoms with Gasteiger partial charge in [0.05, 0.1) is 0 Å². The molecular weight excluding hydrogens is 949 g/mol. The van der Waals surface area contributed by atoms with Gasteiger partial charge in [-0.25, -0.2) is 0 Å². The Morgan fingerprint density at radius 2 is 0.351 bits per heavy atom. The van der Waals surface area contributed by atoms with Gasteiger partial charge in [0.15, 0.2) is 6.10 Å². The molecule has 1 unspecified atom stereocenters. The fourth-order valence-electron chi connectivity index (χ4n) is 11.3. The quantitative estimate of drug-likeness (QED) is 0.0343. The molecule has 0 aliphatic rings. The number of carbonyl (C=O) groups is 3. The molecule has 0 bridgehead atoms. The Hall–Kier alpha value is -1.59. The highest BCUT2D eigenvalue weighted by Gasteiger charge is 2.19. The van der Waals surface area contributed by atoms with E-state index in [9.17, 15) is 14.4 Å². The second kappa shape index (κ2) is 66.9. The topological polar surface area (TPSA) is 78.9 Å². The van der Waals surface area contributed by atoms with Crippen molar-refractivity contribution in [1.29, 1.82) is 0 Å². The summed E-state index contributed by atoms with van der Waals surface area (Å²) >= 11 is 0. The lowest BCUT2D eigenvalue weighted by Gasteiger charge is -2.18. The summed E-state index contributed by atoms with van der Waals surface area (Å²) in [6.45, 7) is 6.73. The maximum absolute atomic E-state index is 12.9. The van der Waals surface area contributed by atoms with Crippen LogP contribution in [-0.2, 0) is 28.6 Å². The summed E-state index contributed by atoms with van der Waals surface area (Å²) in [5.74, 6) is -0.824. The number of esters is 3. The zero-order valence-electron chi connectivity index (χ0n) is 52.8. The summed E-state index contributed by atoms with van der Waals surface area (Å²) < 4.78 is 17.0. The summed E-state index contributed by atoms with van der Waals surface area (Å²) in [5, 5.41) is 0. The van der Waals surface area contributed by atoms with E-state index in [1.54, 1.807) is 0 Å². The Morgan fingerprint density at radius 3 is 0.519 bits per heavy atom. The van der Waals surface area contributed by atoms with Crippen molar-refractivity contribution < 1.29 is 28.6 Å². The van der Waals surface area contributed by atoms with Crippen LogP contribution in [0.5, 0.6) is 0 Å². The molecule has 0 aliphatic carbocycles. The minimum absolute atomic E-state index is 0.0605. The van der Waals surface area contributed by atoms with E-state index in [2.05, 4.69) is 20.8 Å². The van der Waals surface area contributed by atoms with E-state index in [0.717, 1.165) is 57.8 Å². The minimum atomic E-state index is -0.762. The van der Waals surface area contributed by atoms with E-state index >= 15 is 0 Å². The van der Waals surface area contributed by atoms with Crippen LogP contribution in [0.2, 0.25) is 0 Å². The zero-order valence-corrected chi connectivity index (χ0v) is 52.8. The molecule has 0 radical (unpaired) electrons. The van der Waals surface area contributed by atoms with Crippen molar-refractivity contribution in [3.63, 3.8) is 0 Å². The van der Waals surface area contributed by atoms with Crippen LogP contribution >= 0.6 is 0 Å². The number of ether oxygens (including phenoxy) is 3. The standard InChI is InChI=1S/C71H138O6/c1-4-7-10-13-16-19-22-24-26-28-30-32-34-35-36-38-39-41-43-45-47-49-52-55-58-61-64-70(73)76-67-68(66-75-69(72)63-60-57-54-51-21-18-15-12-9-6-3)77-71(74)65-62-59-56-53-50-48-46-44-42-40-37-33-31-29-27-25-23-20-17-14-11-8-5-2/h68H,4-67H2,1-3H3. The molecule has 0 fully saturated rings. The molecule has 458 valence electrons. The molecule has 0 rings (SSSR count). The van der Waals surface area contributed by atoms with Gasteiger partial charge in [-0.05, 0) is 19.3 Å². The highest BCUT2D eigenvalue weighted by atomic mass is 16.6. The predicted octanol–water partition coefficient (Wildman–Crippen LogP) is 24.2. The highest BCUT2D eigenvalue weighted by Crippen LogP contribution is 2.20. The molecule has 0 saturated carbocycles. The molecule has 0 saturated heterocycles. The molecule has 0 spiro atoms. The smallest absolute Gasteiger partial charge is 0.306 e. The fraction of sp³-hybridized carbons (Fsp3) is 0.958. The van der Waals surface area contributed by atoms with Gasteiger partial charge in [0, 0.05) is 19.3 Å². The Kier molecular flexibility index (Phi) is 65.5. The third-order valence-corrected chi connectivity index (χ3v) is 16.6. The Balaban J connectivity index is 4.10. The third kappa shape index (κ3) is 65.1. The predicted molar refractivity (Wildman–Crippen MR) is 335 cm³/mol. The number of hydrogen-bond donors (Lipinski definition) is 0. The van der Waals surface area contributed by atoms with E-state index in [1.165, 1.54) is 321 Å². The van der Waals surface area contributed by atoms with Crippen molar-refractivity contribution in [3.05, 3.63) is 0 Å². The first-order valence-corrected chi connectivity index (χ1v) is 35.5. The van der Waals surface area contributed by atoms with Crippen LogP contribution in [-0.4, -0.2) is 37.2 Å². The molecule has 0 aromatic rings. The van der Waals surface area contributed by atoms with E-state index in [4.69, 9.17) is 14.2 Å². The molecule has 0 aliphatic heterocycles. The van der Waals surface area contributed by atoms with Gasteiger partial charge in [-0.1, -0.05) is 380 Å². The van der Waals surface area contributed by atoms with Gasteiger partial charge in [0.2, 0.25) is 0 Å². The summed E-state index contributed by atoms with van der Waals surface area (Å²) in [4.78, 5) is 38.3. The molecule has 0 heterocycles. The first kappa shape index (κ1) is 75.4. The molecule has 77 heavy (non-hydrogen) atoms. The van der Waals surface area contributed by atoms with Gasteiger partial charge >= 0.3 is 17.9 Å². The Morgan fingerprint density at radius 1 is 0.208 bits per heavy atom. The fourth-order valence-corrected chi connectivity index (χ4v) is 11.3. The van der Waals surface area contributed by atoms with E-state index in [-0.39, 0.29) is 31.1 Å². The van der Waals surface area contributed by atoms with Crippen molar-refractivity contribution in [3.8, 4) is 0 Å². The molecule has 0 amide bonds. The number of rotatable bonds is 67. The first-order chi connectivity index (χ1) is 38.0. The van der Waals surface area contributed by atoms with Crippen LogP contribution in [0, 0.1) is 0 Å². The molecule has 6 nitrogen and oxygen atoms in total. The molecule has 6 heteroatoms. The van der Waals surface area contributed by atoms with Crippen LogP contribution in [0.25, 0.3) is 0 Å². The average molecular weight is 1090 g/mol. The maximum Gasteiger partial charge on any atom is 0.306 e. The van der Waals surface area contributed by atoms with Crippen LogP contribution < -0.4 is 0 Å². The average Bonchev–Trinajstić information content (AvgIpc) is 3.43. The van der Waals surface area contributed by atoms with Crippen LogP contribution in [0.3, 0.4) is 0 Å². The summed E-state index contributed by atoms with van der Waals surface area (Å²) in [6.07, 6.45) is 78.6. The largest absolute Gasteiger partial charge is 0.462 e. The molecule has 0 aromatic heterocycles. The van der Waals surface area contributed by atoms with Gasteiger partial charge in [0.1, 0.15) is 13.2 Å². The van der Waals surface area contributed by atoms with E-state index < -0.39 is 6.10 Å². The molecule has 1 atom stereocenters. The van der Waals surface area contributed by atoms with Gasteiger partial charge in [-0.2, -0.15) is 0 Å². The molecule has 0 N–H and O–H groups in total. The van der Waals surface area contributed by atoms with E-state index in [1.807, 2.05) is 0 Å². The van der Waals surface area contributed by atoms with Crippen LogP contribution in [0.1, 0.15) is 419 Å². The van der Waals surface area contributed by atoms with Crippen molar-refractivity contribution in [1.82, 2.24) is 0 Å². The van der Waals surface area contributed by atoms with Gasteiger partial charge in [-0.3, -0.25) is 14.4 Å². The van der Waals surface area contributed by atoms with Crippen molar-refractivity contribution >= 4 is 17.9 Å². The van der Waals surface area contributed by atoms with E-state index in [0.29, 0.717) is 19.3 Å². The molecular formula is C71H138O6. The van der Waals surface area contributed by atoms with Crippen molar-refractivity contribution in [2.24, 2.45) is 0 Å². The Bertz CT molecular complexity index is 1160. The lowest BCUT2D eigenvalue weighted by Crippen LogP contribution is -2.30. The lowest BCUT2D eigenvalue weighted by molar-refractivity contribution is -0.167. The number of hydrogen-bond acceptors (Lipinski definition) is 6. The molecule has 0 aromatic carbocycles. The van der Waals surface area contributed by atoms with Crippen molar-refractivity contribution in [2.75, 3.05) is 13.2 Å². The highest BCUT2D eigenvalue weighted by molar-refractivity contribution is 5.71. The second-order valence-electron chi connectivity index (χ2n) is 24.5. The van der Waals surface area contributed by atoms with Gasteiger partial charge in [0.25, 0.3) is 0 Å². The number of unbranched alkanes of at least 4 members (excludes halogenated alkanes) is 56. The summed E-state index contributed by atoms with van der Waals surface area (Å²) in [7, 11) is 0. The first-order valence-electron chi connectivity index (χ1n) is 35.5. The summed E-state index contributed by atoms with van der Waals surface area (Å²) in [6, 6.07) is 0. The zero-order chi connectivity index (χ0) is 55.7. The Labute approximate surface area is 482 Å². The second-order valence-corrected chi connectivity index (χ2v) is 24.5. The monoisotopic (exact) mass is 1090 g/mol.